The average molecular weight is 801 g/mol. The Balaban J connectivity index is 0.000000214. The van der Waals surface area contributed by atoms with Crippen LogP contribution < -0.4 is 0 Å². The summed E-state index contributed by atoms with van der Waals surface area (Å²) >= 11 is 3.23. The van der Waals surface area contributed by atoms with Gasteiger partial charge in [-0.25, -0.2) is 18.4 Å². The van der Waals surface area contributed by atoms with Crippen LogP contribution >= 0.6 is 23.5 Å². The Hall–Kier alpha value is -4.94. The van der Waals surface area contributed by atoms with Gasteiger partial charge in [0.05, 0.1) is 0 Å². The van der Waals surface area contributed by atoms with E-state index < -0.39 is 11.2 Å². The van der Waals surface area contributed by atoms with E-state index in [9.17, 15) is 18.4 Å². The van der Waals surface area contributed by atoms with Crippen molar-refractivity contribution in [2.45, 2.75) is 85.2 Å². The maximum atomic E-state index is 13.9. The zero-order valence-corrected chi connectivity index (χ0v) is 34.8. The van der Waals surface area contributed by atoms with E-state index in [1.165, 1.54) is 23.1 Å². The smallest absolute Gasteiger partial charge is 0.410 e. The van der Waals surface area contributed by atoms with Crippen LogP contribution in [0, 0.1) is 11.6 Å². The maximum absolute atomic E-state index is 13.9. The topological polar surface area (TPSA) is 90.7 Å². The molecule has 0 saturated carbocycles. The molecular formula is C44H50F2N4O4S2. The van der Waals surface area contributed by atoms with Gasteiger partial charge in [-0.2, -0.15) is 0 Å². The van der Waals surface area contributed by atoms with E-state index in [2.05, 4.69) is 28.2 Å². The molecule has 6 rings (SSSR count). The number of nitrogens with zero attached hydrogens (tertiary/aromatic N) is 2. The predicted molar refractivity (Wildman–Crippen MR) is 223 cm³/mol. The van der Waals surface area contributed by atoms with Crippen LogP contribution in [-0.4, -0.2) is 70.3 Å². The zero-order chi connectivity index (χ0) is 40.6. The van der Waals surface area contributed by atoms with Crippen LogP contribution in [0.5, 0.6) is 0 Å². The molecule has 2 aromatic heterocycles. The highest BCUT2D eigenvalue weighted by Crippen LogP contribution is 2.37. The maximum Gasteiger partial charge on any atom is 0.410 e. The van der Waals surface area contributed by atoms with Crippen LogP contribution in [0.2, 0.25) is 0 Å². The van der Waals surface area contributed by atoms with Crippen molar-refractivity contribution in [1.82, 2.24) is 19.8 Å². The van der Waals surface area contributed by atoms with Crippen molar-refractivity contribution >= 4 is 57.5 Å². The first-order chi connectivity index (χ1) is 26.5. The molecule has 0 radical (unpaired) electrons. The van der Waals surface area contributed by atoms with E-state index in [-0.39, 0.29) is 23.8 Å². The van der Waals surface area contributed by atoms with E-state index in [4.69, 9.17) is 9.47 Å². The first-order valence-corrected chi connectivity index (χ1v) is 20.0. The van der Waals surface area contributed by atoms with Gasteiger partial charge in [0.1, 0.15) is 22.8 Å². The molecule has 0 unspecified atom stereocenters. The summed E-state index contributed by atoms with van der Waals surface area (Å²) in [5, 5.41) is 2.13. The molecule has 8 nitrogen and oxygen atoms in total. The van der Waals surface area contributed by atoms with Crippen molar-refractivity contribution in [1.29, 1.82) is 0 Å². The molecule has 56 heavy (non-hydrogen) atoms. The Morgan fingerprint density at radius 1 is 0.589 bits per heavy atom. The van der Waals surface area contributed by atoms with Crippen molar-refractivity contribution in [2.75, 3.05) is 27.2 Å². The van der Waals surface area contributed by atoms with Crippen LogP contribution in [0.15, 0.2) is 117 Å². The minimum Gasteiger partial charge on any atom is -0.444 e. The molecule has 0 bridgehead atoms. The molecule has 0 fully saturated rings. The third kappa shape index (κ3) is 12.0. The van der Waals surface area contributed by atoms with E-state index in [0.29, 0.717) is 19.5 Å². The fourth-order valence-electron chi connectivity index (χ4n) is 5.61. The van der Waals surface area contributed by atoms with Gasteiger partial charge < -0.3 is 29.2 Å². The monoisotopic (exact) mass is 800 g/mol. The number of aromatic amines is 2. The van der Waals surface area contributed by atoms with Crippen LogP contribution in [0.3, 0.4) is 0 Å². The van der Waals surface area contributed by atoms with Gasteiger partial charge >= 0.3 is 12.2 Å². The number of nitrogens with one attached hydrogen (secondary N) is 2. The molecule has 6 aromatic rings. The van der Waals surface area contributed by atoms with E-state index in [0.717, 1.165) is 58.9 Å². The van der Waals surface area contributed by atoms with Crippen molar-refractivity contribution in [3.63, 3.8) is 0 Å². The summed E-state index contributed by atoms with van der Waals surface area (Å²) in [5.41, 5.74) is 2.82. The normalized spacial score (nSPS) is 11.6. The standard InChI is InChI=1S/2C22H25FN2O2S/c1-22(2,3)27-21(26)25(4)12-11-15-13-16(23)9-10-19(15)28-20-14-24-18-8-6-5-7-17(18)20;1-22(2,3)27-21(26)25(4)12-11-15-7-5-6-8-19(15)28-20-14-24-18-13-16(23)9-10-17(18)20/h2*5-10,13-14,24H,11-12H2,1-4H3. The SMILES string of the molecule is CN(CCc1cc(F)ccc1Sc1c[nH]c2ccccc12)C(=O)OC(C)(C)C.CN(CCc1ccccc1Sc1c[nH]c2cc(F)ccc12)C(=O)OC(C)(C)C. The number of fused-ring (bicyclic) bond motifs is 2. The summed E-state index contributed by atoms with van der Waals surface area (Å²) in [6.07, 6.45) is 4.42. The summed E-state index contributed by atoms with van der Waals surface area (Å²) in [4.78, 5) is 38.0. The fraction of sp³-hybridized carbons (Fsp3) is 0.318. The lowest BCUT2D eigenvalue weighted by Gasteiger charge is -2.24. The van der Waals surface area contributed by atoms with Gasteiger partial charge in [-0.3, -0.25) is 0 Å². The number of ether oxygens (including phenoxy) is 2. The summed E-state index contributed by atoms with van der Waals surface area (Å²) < 4.78 is 38.1. The molecule has 0 saturated heterocycles. The number of hydrogen-bond acceptors (Lipinski definition) is 6. The number of carbonyl (C=O) groups excluding carboxylic acids is 2. The van der Waals surface area contributed by atoms with Crippen LogP contribution in [-0.2, 0) is 22.3 Å². The summed E-state index contributed by atoms with van der Waals surface area (Å²) in [6.45, 7) is 12.1. The van der Waals surface area contributed by atoms with Crippen molar-refractivity contribution in [3.8, 4) is 0 Å². The van der Waals surface area contributed by atoms with E-state index in [1.54, 1.807) is 60.7 Å². The van der Waals surface area contributed by atoms with Gasteiger partial charge in [0.2, 0.25) is 0 Å². The second kappa shape index (κ2) is 18.3. The number of rotatable bonds is 10. The van der Waals surface area contributed by atoms with E-state index >= 15 is 0 Å². The number of amides is 2. The fourth-order valence-corrected chi connectivity index (χ4v) is 7.78. The lowest BCUT2D eigenvalue weighted by atomic mass is 10.1. The Bertz CT molecular complexity index is 2280. The lowest BCUT2D eigenvalue weighted by molar-refractivity contribution is 0.0290. The summed E-state index contributed by atoms with van der Waals surface area (Å²) in [5.74, 6) is -0.533. The zero-order valence-electron chi connectivity index (χ0n) is 33.2. The summed E-state index contributed by atoms with van der Waals surface area (Å²) in [6, 6.07) is 25.8. The second-order valence-corrected chi connectivity index (χ2v) is 17.6. The highest BCUT2D eigenvalue weighted by molar-refractivity contribution is 8.00. The Morgan fingerprint density at radius 3 is 1.70 bits per heavy atom. The molecular weight excluding hydrogens is 751 g/mol. The molecule has 2 N–H and O–H groups in total. The first kappa shape index (κ1) is 42.2. The Labute approximate surface area is 336 Å². The number of carbonyl (C=O) groups is 2. The molecule has 296 valence electrons. The molecule has 2 heterocycles. The minimum atomic E-state index is -0.541. The number of halogens is 2. The van der Waals surface area contributed by atoms with Crippen molar-refractivity contribution < 1.29 is 27.8 Å². The van der Waals surface area contributed by atoms with E-state index in [1.807, 2.05) is 84.3 Å². The lowest BCUT2D eigenvalue weighted by Crippen LogP contribution is -2.35. The van der Waals surface area contributed by atoms with Gasteiger partial charge in [0.25, 0.3) is 0 Å². The number of para-hydroxylation sites is 1. The number of H-pyrrole nitrogens is 2. The van der Waals surface area contributed by atoms with Gasteiger partial charge in [0, 0.05) is 81.0 Å². The molecule has 0 aliphatic carbocycles. The van der Waals surface area contributed by atoms with Crippen LogP contribution in [0.1, 0.15) is 52.7 Å². The Kier molecular flexibility index (Phi) is 13.8. The molecule has 12 heteroatoms. The van der Waals surface area contributed by atoms with Crippen LogP contribution in [0.4, 0.5) is 18.4 Å². The quantitative estimate of drug-likeness (QED) is 0.143. The van der Waals surface area contributed by atoms with Crippen LogP contribution in [0.25, 0.3) is 21.8 Å². The average Bonchev–Trinajstić information content (AvgIpc) is 3.73. The molecule has 0 atom stereocenters. The highest BCUT2D eigenvalue weighted by atomic mass is 32.2. The predicted octanol–water partition coefficient (Wildman–Crippen LogP) is 11.7. The first-order valence-electron chi connectivity index (χ1n) is 18.4. The number of likely N-dealkylation sites (N-methyl/N-ethyl adjacent to an activating group) is 2. The third-order valence-corrected chi connectivity index (χ3v) is 10.8. The second-order valence-electron chi connectivity index (χ2n) is 15.4. The third-order valence-electron chi connectivity index (χ3n) is 8.44. The Morgan fingerprint density at radius 2 is 1.07 bits per heavy atom. The molecule has 0 aliphatic rings. The molecule has 0 aliphatic heterocycles. The highest BCUT2D eigenvalue weighted by Gasteiger charge is 2.21. The number of hydrogen-bond donors (Lipinski definition) is 2. The summed E-state index contributed by atoms with van der Waals surface area (Å²) in [7, 11) is 3.44. The molecule has 2 amide bonds. The molecule has 4 aromatic carbocycles. The van der Waals surface area contributed by atoms with Gasteiger partial charge in [-0.05, 0) is 114 Å². The number of aromatic nitrogens is 2. The van der Waals surface area contributed by atoms with Gasteiger partial charge in [-0.15, -0.1) is 0 Å². The molecule has 0 spiro atoms. The largest absolute Gasteiger partial charge is 0.444 e. The van der Waals surface area contributed by atoms with Gasteiger partial charge in [0.15, 0.2) is 0 Å². The van der Waals surface area contributed by atoms with Crippen molar-refractivity contribution in [2.24, 2.45) is 0 Å². The number of benzene rings is 4. The minimum absolute atomic E-state index is 0.253. The van der Waals surface area contributed by atoms with Crippen molar-refractivity contribution in [3.05, 3.63) is 120 Å². The van der Waals surface area contributed by atoms with Gasteiger partial charge in [-0.1, -0.05) is 59.9 Å².